The van der Waals surface area contributed by atoms with E-state index in [0.29, 0.717) is 12.1 Å². The Balaban J connectivity index is 1.85. The zero-order valence-corrected chi connectivity index (χ0v) is 10.3. The molecule has 2 aliphatic rings. The lowest BCUT2D eigenvalue weighted by Gasteiger charge is -2.44. The minimum Gasteiger partial charge on any atom is -0.374 e. The van der Waals surface area contributed by atoms with Gasteiger partial charge in [0.1, 0.15) is 11.6 Å². The van der Waals surface area contributed by atoms with Gasteiger partial charge in [-0.25, -0.2) is 9.97 Å². The third-order valence-electron chi connectivity index (χ3n) is 3.79. The summed E-state index contributed by atoms with van der Waals surface area (Å²) in [5, 5.41) is 0. The number of rotatable bonds is 1. The molecule has 1 aromatic rings. The molecule has 2 fully saturated rings. The van der Waals surface area contributed by atoms with Crippen molar-refractivity contribution in [2.24, 2.45) is 0 Å². The number of hydrogen-bond donors (Lipinski definition) is 0. The van der Waals surface area contributed by atoms with Crippen molar-refractivity contribution in [3.05, 3.63) is 18.1 Å². The lowest BCUT2D eigenvalue weighted by molar-refractivity contribution is -0.00900. The second kappa shape index (κ2) is 4.61. The van der Waals surface area contributed by atoms with Crippen LogP contribution in [0.25, 0.3) is 0 Å². The highest BCUT2D eigenvalue weighted by Gasteiger charge is 2.34. The monoisotopic (exact) mass is 233 g/mol. The van der Waals surface area contributed by atoms with Crippen molar-refractivity contribution < 1.29 is 4.74 Å². The number of morpholine rings is 1. The summed E-state index contributed by atoms with van der Waals surface area (Å²) < 4.78 is 5.88. The Morgan fingerprint density at radius 1 is 1.35 bits per heavy atom. The fraction of sp³-hybridized carbons (Fsp3) is 0.692. The van der Waals surface area contributed by atoms with Gasteiger partial charge in [0.25, 0.3) is 0 Å². The normalized spacial score (nSPS) is 28.9. The van der Waals surface area contributed by atoms with E-state index in [2.05, 4.69) is 14.9 Å². The third-order valence-corrected chi connectivity index (χ3v) is 3.79. The van der Waals surface area contributed by atoms with Gasteiger partial charge in [-0.3, -0.25) is 0 Å². The lowest BCUT2D eigenvalue weighted by Crippen LogP contribution is -2.53. The number of hydrogen-bond acceptors (Lipinski definition) is 4. The van der Waals surface area contributed by atoms with E-state index in [4.69, 9.17) is 4.74 Å². The summed E-state index contributed by atoms with van der Waals surface area (Å²) in [6.45, 7) is 3.73. The molecule has 4 heteroatoms. The number of nitrogens with zero attached hydrogens (tertiary/aromatic N) is 3. The summed E-state index contributed by atoms with van der Waals surface area (Å²) in [7, 11) is 0. The number of fused-ring (bicyclic) bond motifs is 1. The highest BCUT2D eigenvalue weighted by Crippen LogP contribution is 2.30. The second-order valence-corrected chi connectivity index (χ2v) is 4.92. The van der Waals surface area contributed by atoms with Crippen molar-refractivity contribution >= 4 is 5.82 Å². The fourth-order valence-corrected chi connectivity index (χ4v) is 2.98. The number of aromatic nitrogens is 2. The van der Waals surface area contributed by atoms with Crippen molar-refractivity contribution in [2.45, 2.75) is 44.8 Å². The number of anilines is 1. The lowest BCUT2D eigenvalue weighted by atomic mass is 9.90. The van der Waals surface area contributed by atoms with Gasteiger partial charge in [0.2, 0.25) is 0 Å². The average molecular weight is 233 g/mol. The maximum Gasteiger partial charge on any atom is 0.132 e. The molecule has 0 bridgehead atoms. The van der Waals surface area contributed by atoms with Crippen LogP contribution in [0.1, 0.15) is 31.5 Å². The average Bonchev–Trinajstić information content (AvgIpc) is 2.38. The highest BCUT2D eigenvalue weighted by atomic mass is 16.5. The maximum atomic E-state index is 5.88. The first-order valence-electron chi connectivity index (χ1n) is 6.52. The Kier molecular flexibility index (Phi) is 2.97. The first kappa shape index (κ1) is 11.0. The van der Waals surface area contributed by atoms with Crippen molar-refractivity contribution in [3.63, 3.8) is 0 Å². The molecule has 3 rings (SSSR count). The number of aryl methyl sites for hydroxylation is 1. The van der Waals surface area contributed by atoms with Crippen LogP contribution in [0, 0.1) is 6.92 Å². The summed E-state index contributed by atoms with van der Waals surface area (Å²) in [5.41, 5.74) is 0. The van der Waals surface area contributed by atoms with E-state index in [0.717, 1.165) is 24.8 Å². The predicted octanol–water partition coefficient (Wildman–Crippen LogP) is 1.93. The van der Waals surface area contributed by atoms with Gasteiger partial charge in [0.15, 0.2) is 0 Å². The van der Waals surface area contributed by atoms with Gasteiger partial charge < -0.3 is 9.64 Å². The Bertz CT molecular complexity index is 394. The SMILES string of the molecule is Cc1nccc(N2CCO[C@@H]3CCCC[C@@H]32)n1. The van der Waals surface area contributed by atoms with E-state index in [1.807, 2.05) is 19.2 Å². The molecule has 92 valence electrons. The maximum absolute atomic E-state index is 5.88. The van der Waals surface area contributed by atoms with E-state index >= 15 is 0 Å². The Hall–Kier alpha value is -1.16. The van der Waals surface area contributed by atoms with Gasteiger partial charge in [-0.1, -0.05) is 12.8 Å². The van der Waals surface area contributed by atoms with Crippen LogP contribution >= 0.6 is 0 Å². The minimum absolute atomic E-state index is 0.410. The van der Waals surface area contributed by atoms with Crippen LogP contribution < -0.4 is 4.90 Å². The Morgan fingerprint density at radius 3 is 3.12 bits per heavy atom. The number of ether oxygens (including phenoxy) is 1. The summed E-state index contributed by atoms with van der Waals surface area (Å²) in [4.78, 5) is 11.1. The van der Waals surface area contributed by atoms with Crippen LogP contribution in [0.5, 0.6) is 0 Å². The van der Waals surface area contributed by atoms with Gasteiger partial charge >= 0.3 is 0 Å². The van der Waals surface area contributed by atoms with Crippen LogP contribution in [-0.2, 0) is 4.74 Å². The van der Waals surface area contributed by atoms with Crippen LogP contribution in [0.15, 0.2) is 12.3 Å². The largest absolute Gasteiger partial charge is 0.374 e. The first-order chi connectivity index (χ1) is 8.34. The molecule has 4 nitrogen and oxygen atoms in total. The molecule has 2 atom stereocenters. The minimum atomic E-state index is 0.410. The first-order valence-corrected chi connectivity index (χ1v) is 6.52. The Morgan fingerprint density at radius 2 is 2.24 bits per heavy atom. The van der Waals surface area contributed by atoms with E-state index in [1.165, 1.54) is 25.7 Å². The quantitative estimate of drug-likeness (QED) is 0.743. The molecule has 1 aromatic heterocycles. The summed E-state index contributed by atoms with van der Waals surface area (Å²) in [6.07, 6.45) is 7.31. The molecule has 1 aliphatic carbocycles. The fourth-order valence-electron chi connectivity index (χ4n) is 2.98. The highest BCUT2D eigenvalue weighted by molar-refractivity contribution is 5.40. The molecule has 0 spiro atoms. The van der Waals surface area contributed by atoms with Crippen molar-refractivity contribution in [1.29, 1.82) is 0 Å². The third kappa shape index (κ3) is 2.14. The summed E-state index contributed by atoms with van der Waals surface area (Å²) >= 11 is 0. The summed E-state index contributed by atoms with van der Waals surface area (Å²) in [6, 6.07) is 2.54. The summed E-state index contributed by atoms with van der Waals surface area (Å²) in [5.74, 6) is 1.92. The van der Waals surface area contributed by atoms with Gasteiger partial charge in [-0.05, 0) is 25.8 Å². The molecule has 1 saturated heterocycles. The van der Waals surface area contributed by atoms with Gasteiger partial charge in [-0.15, -0.1) is 0 Å². The van der Waals surface area contributed by atoms with Gasteiger partial charge in [-0.2, -0.15) is 0 Å². The van der Waals surface area contributed by atoms with E-state index in [1.54, 1.807) is 0 Å². The molecular weight excluding hydrogens is 214 g/mol. The molecule has 17 heavy (non-hydrogen) atoms. The van der Waals surface area contributed by atoms with Crippen LogP contribution in [0.2, 0.25) is 0 Å². The Labute approximate surface area is 102 Å². The van der Waals surface area contributed by atoms with Crippen LogP contribution in [-0.4, -0.2) is 35.3 Å². The molecule has 0 N–H and O–H groups in total. The predicted molar refractivity (Wildman–Crippen MR) is 66.1 cm³/mol. The standard InChI is InChI=1S/C13H19N3O/c1-10-14-7-6-13(15-10)16-8-9-17-12-5-3-2-4-11(12)16/h6-7,11-12H,2-5,8-9H2,1H3/t11-,12+/m0/s1. The van der Waals surface area contributed by atoms with Crippen molar-refractivity contribution in [1.82, 2.24) is 9.97 Å². The molecule has 0 amide bonds. The molecule has 2 heterocycles. The van der Waals surface area contributed by atoms with E-state index < -0.39 is 0 Å². The zero-order chi connectivity index (χ0) is 11.7. The van der Waals surface area contributed by atoms with Gasteiger partial charge in [0, 0.05) is 12.7 Å². The topological polar surface area (TPSA) is 38.2 Å². The molecule has 0 unspecified atom stereocenters. The smallest absolute Gasteiger partial charge is 0.132 e. The molecular formula is C13H19N3O. The second-order valence-electron chi connectivity index (χ2n) is 4.92. The molecule has 1 aliphatic heterocycles. The van der Waals surface area contributed by atoms with Gasteiger partial charge in [0.05, 0.1) is 18.8 Å². The van der Waals surface area contributed by atoms with E-state index in [-0.39, 0.29) is 0 Å². The molecule has 0 aromatic carbocycles. The molecule has 1 saturated carbocycles. The van der Waals surface area contributed by atoms with Crippen molar-refractivity contribution in [3.8, 4) is 0 Å². The van der Waals surface area contributed by atoms with E-state index in [9.17, 15) is 0 Å². The van der Waals surface area contributed by atoms with Crippen LogP contribution in [0.4, 0.5) is 5.82 Å². The zero-order valence-electron chi connectivity index (χ0n) is 10.3. The van der Waals surface area contributed by atoms with Crippen molar-refractivity contribution in [2.75, 3.05) is 18.1 Å². The molecule has 0 radical (unpaired) electrons. The van der Waals surface area contributed by atoms with Crippen LogP contribution in [0.3, 0.4) is 0 Å².